The summed E-state index contributed by atoms with van der Waals surface area (Å²) in [6, 6.07) is 15.6. The second-order valence-electron chi connectivity index (χ2n) is 13.1. The van der Waals surface area contributed by atoms with E-state index in [1.807, 2.05) is 13.0 Å². The molecule has 4 heterocycles. The molecule has 3 unspecified atom stereocenters. The molecular formula is C36H41FN2O4. The highest BCUT2D eigenvalue weighted by Gasteiger charge is 2.40. The van der Waals surface area contributed by atoms with Gasteiger partial charge in [0.25, 0.3) is 0 Å². The lowest BCUT2D eigenvalue weighted by Gasteiger charge is -2.35. The van der Waals surface area contributed by atoms with Gasteiger partial charge in [-0.05, 0) is 97.1 Å². The van der Waals surface area contributed by atoms with Gasteiger partial charge in [0.1, 0.15) is 17.7 Å². The summed E-state index contributed by atoms with van der Waals surface area (Å²) in [7, 11) is 1.55. The van der Waals surface area contributed by atoms with Crippen LogP contribution in [0.4, 0.5) is 4.39 Å². The maximum atomic E-state index is 15.2. The van der Waals surface area contributed by atoms with E-state index in [0.29, 0.717) is 29.4 Å². The lowest BCUT2D eigenvalue weighted by molar-refractivity contribution is -0.142. The number of aliphatic carboxylic acids is 1. The number of piperidine rings is 1. The molecule has 3 aromatic rings. The minimum absolute atomic E-state index is 0.00447. The van der Waals surface area contributed by atoms with Crippen molar-refractivity contribution < 1.29 is 23.8 Å². The molecule has 0 spiro atoms. The zero-order valence-corrected chi connectivity index (χ0v) is 25.1. The van der Waals surface area contributed by atoms with E-state index in [1.54, 1.807) is 13.2 Å². The van der Waals surface area contributed by atoms with Crippen molar-refractivity contribution in [1.82, 2.24) is 9.88 Å². The van der Waals surface area contributed by atoms with Crippen molar-refractivity contribution in [2.75, 3.05) is 7.11 Å². The van der Waals surface area contributed by atoms with E-state index < -0.39 is 11.9 Å². The lowest BCUT2D eigenvalue weighted by atomic mass is 9.82. The van der Waals surface area contributed by atoms with Gasteiger partial charge in [0.15, 0.2) is 0 Å². The van der Waals surface area contributed by atoms with Crippen molar-refractivity contribution in [2.45, 2.75) is 95.4 Å². The Kier molecular flexibility index (Phi) is 7.62. The summed E-state index contributed by atoms with van der Waals surface area (Å²) < 4.78 is 27.3. The van der Waals surface area contributed by atoms with Crippen LogP contribution in [0.2, 0.25) is 0 Å². The van der Waals surface area contributed by atoms with Gasteiger partial charge in [0.2, 0.25) is 5.88 Å². The third-order valence-electron chi connectivity index (χ3n) is 10.5. The topological polar surface area (TPSA) is 71.9 Å². The largest absolute Gasteiger partial charge is 0.485 e. The fraction of sp³-hybridized carbons (Fsp3) is 0.500. The number of carboxylic acids is 1. The van der Waals surface area contributed by atoms with Crippen molar-refractivity contribution >= 4 is 5.97 Å². The normalized spacial score (nSPS) is 24.6. The Morgan fingerprint density at radius 2 is 1.84 bits per heavy atom. The first-order valence-corrected chi connectivity index (χ1v) is 16.0. The number of aryl methyl sites for hydroxylation is 1. The van der Waals surface area contributed by atoms with Crippen molar-refractivity contribution in [1.29, 1.82) is 0 Å². The Balaban J connectivity index is 1.21. The molecule has 7 heteroatoms. The van der Waals surface area contributed by atoms with Gasteiger partial charge in [-0.15, -0.1) is 0 Å². The summed E-state index contributed by atoms with van der Waals surface area (Å²) in [5.74, 6) is 0.160. The van der Waals surface area contributed by atoms with Gasteiger partial charge >= 0.3 is 5.97 Å². The molecule has 2 aromatic carbocycles. The molecule has 3 fully saturated rings. The van der Waals surface area contributed by atoms with Gasteiger partial charge in [-0.1, -0.05) is 43.7 Å². The van der Waals surface area contributed by atoms with E-state index in [1.165, 1.54) is 43.9 Å². The van der Waals surface area contributed by atoms with Crippen LogP contribution >= 0.6 is 0 Å². The number of hydrogen-bond acceptors (Lipinski definition) is 5. The van der Waals surface area contributed by atoms with Crippen LogP contribution in [-0.2, 0) is 17.8 Å². The quantitative estimate of drug-likeness (QED) is 0.278. The van der Waals surface area contributed by atoms with Gasteiger partial charge in [-0.25, -0.2) is 9.37 Å². The molecule has 5 atom stereocenters. The number of nitrogens with zero attached hydrogens (tertiary/aromatic N) is 2. The highest BCUT2D eigenvalue weighted by molar-refractivity contribution is 5.71. The smallest absolute Gasteiger partial charge is 0.306 e. The molecule has 0 radical (unpaired) electrons. The number of hydrogen-bond donors (Lipinski definition) is 1. The first kappa shape index (κ1) is 28.3. The molecule has 2 bridgehead atoms. The molecular weight excluding hydrogens is 543 g/mol. The van der Waals surface area contributed by atoms with E-state index >= 15 is 4.39 Å². The maximum Gasteiger partial charge on any atom is 0.306 e. The fourth-order valence-electron chi connectivity index (χ4n) is 8.03. The number of halogens is 1. The Hall–Kier alpha value is -3.45. The first-order valence-electron chi connectivity index (χ1n) is 16.0. The lowest BCUT2D eigenvalue weighted by Crippen LogP contribution is -2.39. The molecule has 1 aliphatic carbocycles. The second kappa shape index (κ2) is 11.6. The van der Waals surface area contributed by atoms with E-state index in [0.717, 1.165) is 60.2 Å². The van der Waals surface area contributed by atoms with Crippen molar-refractivity contribution in [3.63, 3.8) is 0 Å². The number of fused-ring (bicyclic) bond motifs is 3. The van der Waals surface area contributed by atoms with Crippen LogP contribution in [0, 0.1) is 17.7 Å². The van der Waals surface area contributed by atoms with E-state index in [4.69, 9.17) is 9.47 Å². The number of carboxylic acid groups (broad SMARTS) is 1. The minimum atomic E-state index is -0.744. The Morgan fingerprint density at radius 1 is 1.05 bits per heavy atom. The van der Waals surface area contributed by atoms with Crippen LogP contribution in [0.3, 0.4) is 0 Å². The van der Waals surface area contributed by atoms with Crippen LogP contribution < -0.4 is 9.47 Å². The first-order chi connectivity index (χ1) is 20.9. The third-order valence-corrected chi connectivity index (χ3v) is 10.5. The number of carbonyl (C=O) groups is 1. The number of ether oxygens (including phenoxy) is 2. The minimum Gasteiger partial charge on any atom is -0.485 e. The van der Waals surface area contributed by atoms with E-state index in [9.17, 15) is 9.90 Å². The number of benzene rings is 2. The highest BCUT2D eigenvalue weighted by Crippen LogP contribution is 2.48. The predicted octanol–water partition coefficient (Wildman–Crippen LogP) is 7.69. The summed E-state index contributed by atoms with van der Waals surface area (Å²) in [4.78, 5) is 18.6. The van der Waals surface area contributed by atoms with Crippen molar-refractivity contribution in [2.24, 2.45) is 11.8 Å². The number of rotatable bonds is 9. The zero-order valence-electron chi connectivity index (χ0n) is 25.1. The molecule has 7 rings (SSSR count). The van der Waals surface area contributed by atoms with E-state index in [2.05, 4.69) is 40.2 Å². The highest BCUT2D eigenvalue weighted by atomic mass is 19.1. The molecule has 4 aliphatic rings. The monoisotopic (exact) mass is 584 g/mol. The number of pyridine rings is 1. The number of methoxy groups -OCH3 is 1. The van der Waals surface area contributed by atoms with Gasteiger partial charge in [-0.2, -0.15) is 0 Å². The number of aromatic nitrogens is 1. The molecule has 6 nitrogen and oxygen atoms in total. The summed E-state index contributed by atoms with van der Waals surface area (Å²) in [6.07, 6.45) is 11.3. The zero-order chi connectivity index (χ0) is 29.7. The van der Waals surface area contributed by atoms with Crippen LogP contribution in [0.1, 0.15) is 92.6 Å². The Morgan fingerprint density at radius 3 is 2.56 bits per heavy atom. The summed E-state index contributed by atoms with van der Waals surface area (Å²) in [6.45, 7) is 2.61. The molecule has 1 saturated carbocycles. The molecule has 3 aliphatic heterocycles. The van der Waals surface area contributed by atoms with Crippen molar-refractivity contribution in [3.8, 4) is 22.8 Å². The summed E-state index contributed by atoms with van der Waals surface area (Å²) in [5.41, 5.74) is 5.82. The van der Waals surface area contributed by atoms with Gasteiger partial charge in [-0.3, -0.25) is 9.69 Å². The molecule has 0 amide bonds. The van der Waals surface area contributed by atoms with Crippen LogP contribution in [-0.4, -0.2) is 40.2 Å². The molecule has 226 valence electrons. The Bertz CT molecular complexity index is 1510. The molecule has 1 aromatic heterocycles. The predicted molar refractivity (Wildman–Crippen MR) is 163 cm³/mol. The maximum absolute atomic E-state index is 15.2. The van der Waals surface area contributed by atoms with Gasteiger partial charge < -0.3 is 14.6 Å². The van der Waals surface area contributed by atoms with Gasteiger partial charge in [0, 0.05) is 30.3 Å². The molecule has 1 N–H and O–H groups in total. The average Bonchev–Trinajstić information content (AvgIpc) is 3.83. The van der Waals surface area contributed by atoms with Gasteiger partial charge in [0.05, 0.1) is 19.2 Å². The third kappa shape index (κ3) is 5.52. The second-order valence-corrected chi connectivity index (χ2v) is 13.1. The van der Waals surface area contributed by atoms with Crippen molar-refractivity contribution in [3.05, 3.63) is 76.7 Å². The summed E-state index contributed by atoms with van der Waals surface area (Å²) >= 11 is 0. The SMILES string of the molecule is COc1cc(-c2ccc(C3CCc4ccc([C@H](C5CC5)[C@H](C)C(=O)O)cc4O3)cc2CN2C3CCCC2CC3)c(F)cn1. The van der Waals surface area contributed by atoms with Crippen LogP contribution in [0.5, 0.6) is 11.6 Å². The molecule has 2 saturated heterocycles. The standard InChI is InChI=1S/C36H41FN2O4/c1-21(36(40)41)35(23-7-8-23)25-9-6-22-11-15-32(43-33(22)17-25)24-10-14-29(30-18-34(42-2)38-19-31(30)37)26(16-24)20-39-27-4-3-5-28(39)13-12-27/h6,9-10,14,16-19,21,23,27-28,32,35H,3-5,7-8,11-13,15,20H2,1-2H3,(H,40,41)/t21-,27?,28?,32?,35-/m0/s1. The Labute approximate surface area is 253 Å². The molecule has 43 heavy (non-hydrogen) atoms. The summed E-state index contributed by atoms with van der Waals surface area (Å²) in [5, 5.41) is 9.78. The van der Waals surface area contributed by atoms with Crippen LogP contribution in [0.15, 0.2) is 48.7 Å². The van der Waals surface area contributed by atoms with E-state index in [-0.39, 0.29) is 17.8 Å². The fourth-order valence-corrected chi connectivity index (χ4v) is 8.03. The average molecular weight is 585 g/mol. The van der Waals surface area contributed by atoms with Crippen LogP contribution in [0.25, 0.3) is 11.1 Å².